The smallest absolute Gasteiger partial charge is 0.00491 e. The van der Waals surface area contributed by atoms with Crippen LogP contribution in [-0.2, 0) is 6.42 Å². The van der Waals surface area contributed by atoms with E-state index in [-0.39, 0.29) is 0 Å². The Morgan fingerprint density at radius 1 is 0.889 bits per heavy atom. The molecule has 0 atom stereocenters. The molecule has 2 aromatic carbocycles. The molecule has 1 aliphatic carbocycles. The first-order chi connectivity index (χ1) is 8.81. The van der Waals surface area contributed by atoms with E-state index < -0.39 is 0 Å². The molecule has 0 unspecified atom stereocenters. The second-order valence-electron chi connectivity index (χ2n) is 4.96. The zero-order chi connectivity index (χ0) is 12.5. The van der Waals surface area contributed by atoms with Gasteiger partial charge in [0.1, 0.15) is 0 Å². The van der Waals surface area contributed by atoms with Crippen molar-refractivity contribution >= 4 is 5.57 Å². The van der Waals surface area contributed by atoms with E-state index in [4.69, 9.17) is 0 Å². The van der Waals surface area contributed by atoms with Gasteiger partial charge in [-0.25, -0.2) is 0 Å². The lowest BCUT2D eigenvalue weighted by Gasteiger charge is -2.09. The number of hydrogen-bond acceptors (Lipinski definition) is 0. The van der Waals surface area contributed by atoms with Crippen LogP contribution >= 0.6 is 0 Å². The molecule has 3 rings (SSSR count). The summed E-state index contributed by atoms with van der Waals surface area (Å²) in [5, 5.41) is 0. The van der Waals surface area contributed by atoms with E-state index in [1.54, 1.807) is 5.57 Å². The molecule has 0 nitrogen and oxygen atoms in total. The zero-order valence-corrected chi connectivity index (χ0v) is 11.0. The fourth-order valence-electron chi connectivity index (χ4n) is 2.94. The van der Waals surface area contributed by atoms with Crippen molar-refractivity contribution < 1.29 is 0 Å². The third-order valence-corrected chi connectivity index (χ3v) is 4.01. The first-order valence-corrected chi connectivity index (χ1v) is 6.67. The summed E-state index contributed by atoms with van der Waals surface area (Å²) in [4.78, 5) is 0. The third kappa shape index (κ3) is 1.69. The van der Waals surface area contributed by atoms with E-state index in [9.17, 15) is 0 Å². The van der Waals surface area contributed by atoms with Gasteiger partial charge in [0.05, 0.1) is 0 Å². The van der Waals surface area contributed by atoms with Crippen LogP contribution < -0.4 is 0 Å². The quantitative estimate of drug-likeness (QED) is 0.678. The van der Waals surface area contributed by atoms with Gasteiger partial charge in [0.2, 0.25) is 0 Å². The highest BCUT2D eigenvalue weighted by molar-refractivity contribution is 5.82. The Bertz CT molecular complexity index is 603. The highest BCUT2D eigenvalue weighted by Crippen LogP contribution is 2.39. The molecular weight excluding hydrogens is 216 g/mol. The van der Waals surface area contributed by atoms with Gasteiger partial charge in [-0.3, -0.25) is 0 Å². The van der Waals surface area contributed by atoms with Crippen molar-refractivity contribution in [1.29, 1.82) is 0 Å². The Morgan fingerprint density at radius 2 is 1.61 bits per heavy atom. The van der Waals surface area contributed by atoms with Gasteiger partial charge >= 0.3 is 0 Å². The molecule has 2 aromatic rings. The van der Waals surface area contributed by atoms with Crippen LogP contribution in [0.4, 0.5) is 0 Å². The van der Waals surface area contributed by atoms with Crippen LogP contribution in [0.2, 0.25) is 0 Å². The number of rotatable bonds is 2. The van der Waals surface area contributed by atoms with Crippen molar-refractivity contribution in [3.8, 4) is 11.1 Å². The van der Waals surface area contributed by atoms with Crippen LogP contribution in [0.25, 0.3) is 16.7 Å². The second-order valence-corrected chi connectivity index (χ2v) is 4.96. The molecule has 0 amide bonds. The molecule has 0 heterocycles. The van der Waals surface area contributed by atoms with Gasteiger partial charge in [0.25, 0.3) is 0 Å². The van der Waals surface area contributed by atoms with Gasteiger partial charge in [0, 0.05) is 0 Å². The summed E-state index contributed by atoms with van der Waals surface area (Å²) >= 11 is 0. The Labute approximate surface area is 109 Å². The summed E-state index contributed by atoms with van der Waals surface area (Å²) in [5.74, 6) is 0. The zero-order valence-electron chi connectivity index (χ0n) is 11.0. The number of hydrogen-bond donors (Lipinski definition) is 0. The molecule has 18 heavy (non-hydrogen) atoms. The largest absolute Gasteiger partial charge is 0.0625 e. The maximum atomic E-state index is 2.26. The van der Waals surface area contributed by atoms with Gasteiger partial charge in [-0.2, -0.15) is 0 Å². The maximum absolute atomic E-state index is 2.26. The standard InChI is InChI=1S/C18H18/c1-3-14-12-18-16(13(14)2)10-7-11-17(18)15-8-5-4-6-9-15/h4-11H,3,12H2,1-2H3. The minimum atomic E-state index is 1.13. The maximum Gasteiger partial charge on any atom is -0.00491 e. The van der Waals surface area contributed by atoms with Crippen LogP contribution in [0, 0.1) is 0 Å². The lowest BCUT2D eigenvalue weighted by molar-refractivity contribution is 1.03. The van der Waals surface area contributed by atoms with E-state index >= 15 is 0 Å². The van der Waals surface area contributed by atoms with Crippen molar-refractivity contribution in [3.05, 3.63) is 65.2 Å². The predicted octanol–water partition coefficient (Wildman–Crippen LogP) is 5.09. The lowest BCUT2D eigenvalue weighted by Crippen LogP contribution is -1.89. The molecule has 0 bridgehead atoms. The van der Waals surface area contributed by atoms with Crippen LogP contribution in [0.1, 0.15) is 31.4 Å². The molecule has 0 radical (unpaired) electrons. The summed E-state index contributed by atoms with van der Waals surface area (Å²) in [6.07, 6.45) is 2.29. The fourth-order valence-corrected chi connectivity index (χ4v) is 2.94. The van der Waals surface area contributed by atoms with E-state index in [2.05, 4.69) is 62.4 Å². The summed E-state index contributed by atoms with van der Waals surface area (Å²) in [6, 6.07) is 17.4. The number of fused-ring (bicyclic) bond motifs is 1. The summed E-state index contributed by atoms with van der Waals surface area (Å²) in [5.41, 5.74) is 8.78. The molecule has 0 fully saturated rings. The average molecular weight is 234 g/mol. The molecule has 90 valence electrons. The van der Waals surface area contributed by atoms with E-state index in [1.807, 2.05) is 0 Å². The Morgan fingerprint density at radius 3 is 2.33 bits per heavy atom. The first-order valence-electron chi connectivity index (χ1n) is 6.67. The van der Waals surface area contributed by atoms with Crippen molar-refractivity contribution in [3.63, 3.8) is 0 Å². The van der Waals surface area contributed by atoms with Gasteiger partial charge in [0.15, 0.2) is 0 Å². The average Bonchev–Trinajstić information content (AvgIpc) is 2.77. The monoisotopic (exact) mass is 234 g/mol. The summed E-state index contributed by atoms with van der Waals surface area (Å²) in [6.45, 7) is 4.52. The SMILES string of the molecule is CCC1=C(C)c2cccc(-c3ccccc3)c2C1. The van der Waals surface area contributed by atoms with Crippen LogP contribution in [0.5, 0.6) is 0 Å². The number of benzene rings is 2. The van der Waals surface area contributed by atoms with E-state index in [1.165, 1.54) is 27.8 Å². The minimum Gasteiger partial charge on any atom is -0.0625 e. The van der Waals surface area contributed by atoms with Crippen LogP contribution in [-0.4, -0.2) is 0 Å². The van der Waals surface area contributed by atoms with Gasteiger partial charge in [-0.05, 0) is 47.6 Å². The normalized spacial score (nSPS) is 13.9. The molecule has 0 spiro atoms. The van der Waals surface area contributed by atoms with Crippen molar-refractivity contribution in [2.24, 2.45) is 0 Å². The summed E-state index contributed by atoms with van der Waals surface area (Å²) in [7, 11) is 0. The molecule has 0 aromatic heterocycles. The van der Waals surface area contributed by atoms with Gasteiger partial charge in [-0.1, -0.05) is 61.0 Å². The number of allylic oxidation sites excluding steroid dienone is 2. The molecule has 1 aliphatic rings. The lowest BCUT2D eigenvalue weighted by atomic mass is 9.95. The second kappa shape index (κ2) is 4.45. The van der Waals surface area contributed by atoms with Gasteiger partial charge < -0.3 is 0 Å². The first kappa shape index (κ1) is 11.3. The molecule has 0 saturated carbocycles. The van der Waals surface area contributed by atoms with Gasteiger partial charge in [-0.15, -0.1) is 0 Å². The van der Waals surface area contributed by atoms with E-state index in [0.717, 1.165) is 12.8 Å². The van der Waals surface area contributed by atoms with Crippen LogP contribution in [0.3, 0.4) is 0 Å². The minimum absolute atomic E-state index is 1.13. The molecular formula is C18H18. The van der Waals surface area contributed by atoms with Crippen molar-refractivity contribution in [2.45, 2.75) is 26.7 Å². The Kier molecular flexibility index (Phi) is 2.79. The predicted molar refractivity (Wildman–Crippen MR) is 78.5 cm³/mol. The topological polar surface area (TPSA) is 0 Å². The summed E-state index contributed by atoms with van der Waals surface area (Å²) < 4.78 is 0. The van der Waals surface area contributed by atoms with Crippen molar-refractivity contribution in [1.82, 2.24) is 0 Å². The molecule has 0 N–H and O–H groups in total. The van der Waals surface area contributed by atoms with E-state index in [0.29, 0.717) is 0 Å². The third-order valence-electron chi connectivity index (χ3n) is 4.01. The molecule has 0 aliphatic heterocycles. The molecule has 0 heteroatoms. The Hall–Kier alpha value is -1.82. The highest BCUT2D eigenvalue weighted by atomic mass is 14.2. The fraction of sp³-hybridized carbons (Fsp3) is 0.222. The van der Waals surface area contributed by atoms with Crippen molar-refractivity contribution in [2.75, 3.05) is 0 Å². The Balaban J connectivity index is 2.14. The highest BCUT2D eigenvalue weighted by Gasteiger charge is 2.20. The molecule has 0 saturated heterocycles. The van der Waals surface area contributed by atoms with Crippen LogP contribution in [0.15, 0.2) is 54.1 Å².